The highest BCUT2D eigenvalue weighted by Crippen LogP contribution is 2.36. The van der Waals surface area contributed by atoms with Crippen LogP contribution in [-0.4, -0.2) is 10.2 Å². The van der Waals surface area contributed by atoms with E-state index in [0.717, 1.165) is 9.40 Å². The van der Waals surface area contributed by atoms with Crippen molar-refractivity contribution in [3.63, 3.8) is 0 Å². The molecule has 0 aliphatic heterocycles. The SMILES string of the molecule is C[s+]1c2cc(O)ccc2c(=O)c2ccc(O)cc21. The van der Waals surface area contributed by atoms with E-state index in [0.29, 0.717) is 10.8 Å². The lowest BCUT2D eigenvalue weighted by atomic mass is 10.2. The lowest BCUT2D eigenvalue weighted by molar-refractivity contribution is 0.476. The molecule has 3 rings (SSSR count). The smallest absolute Gasteiger partial charge is 0.203 e. The van der Waals surface area contributed by atoms with Crippen molar-refractivity contribution >= 4 is 30.6 Å². The molecule has 2 N–H and O–H groups in total. The zero-order chi connectivity index (χ0) is 12.9. The van der Waals surface area contributed by atoms with Gasteiger partial charge in [0.2, 0.25) is 5.43 Å². The highest BCUT2D eigenvalue weighted by Gasteiger charge is 2.17. The lowest BCUT2D eigenvalue weighted by Gasteiger charge is -2.00. The van der Waals surface area contributed by atoms with Gasteiger partial charge in [-0.15, -0.1) is 0 Å². The van der Waals surface area contributed by atoms with Gasteiger partial charge in [0, 0.05) is 12.1 Å². The minimum atomic E-state index is -0.322. The summed E-state index contributed by atoms with van der Waals surface area (Å²) in [5, 5.41) is 20.3. The lowest BCUT2D eigenvalue weighted by Crippen LogP contribution is -2.01. The van der Waals surface area contributed by atoms with Crippen molar-refractivity contribution in [1.82, 2.24) is 0 Å². The molecule has 3 aromatic rings. The number of benzene rings is 2. The summed E-state index contributed by atoms with van der Waals surface area (Å²) in [5.41, 5.74) is -0.0504. The Morgan fingerprint density at radius 1 is 0.889 bits per heavy atom. The van der Waals surface area contributed by atoms with E-state index in [-0.39, 0.29) is 27.4 Å². The van der Waals surface area contributed by atoms with Gasteiger partial charge >= 0.3 is 0 Å². The first-order chi connectivity index (χ1) is 8.58. The van der Waals surface area contributed by atoms with Crippen LogP contribution in [0.4, 0.5) is 0 Å². The fraction of sp³-hybridized carbons (Fsp3) is 0.0714. The van der Waals surface area contributed by atoms with Crippen LogP contribution in [0, 0.1) is 0 Å². The summed E-state index contributed by atoms with van der Waals surface area (Å²) in [7, 11) is -0.322. The van der Waals surface area contributed by atoms with Crippen molar-refractivity contribution in [2.45, 2.75) is 0 Å². The van der Waals surface area contributed by atoms with Gasteiger partial charge in [-0.1, -0.05) is 0 Å². The summed E-state index contributed by atoms with van der Waals surface area (Å²) in [6, 6.07) is 9.63. The molecule has 0 amide bonds. The van der Waals surface area contributed by atoms with Gasteiger partial charge in [0.25, 0.3) is 0 Å². The minimum Gasteiger partial charge on any atom is -0.508 e. The Kier molecular flexibility index (Phi) is 2.28. The second-order valence-corrected chi connectivity index (χ2v) is 6.10. The van der Waals surface area contributed by atoms with E-state index in [1.807, 2.05) is 6.26 Å². The zero-order valence-corrected chi connectivity index (χ0v) is 10.5. The molecule has 1 heterocycles. The van der Waals surface area contributed by atoms with E-state index < -0.39 is 0 Å². The van der Waals surface area contributed by atoms with Crippen LogP contribution in [0.3, 0.4) is 0 Å². The predicted octanol–water partition coefficient (Wildman–Crippen LogP) is 3.05. The van der Waals surface area contributed by atoms with Gasteiger partial charge in [-0.3, -0.25) is 4.79 Å². The van der Waals surface area contributed by atoms with Crippen molar-refractivity contribution in [1.29, 1.82) is 0 Å². The van der Waals surface area contributed by atoms with Crippen molar-refractivity contribution in [3.8, 4) is 11.5 Å². The van der Waals surface area contributed by atoms with E-state index in [1.165, 1.54) is 12.1 Å². The molecule has 0 atom stereocenters. The van der Waals surface area contributed by atoms with Crippen molar-refractivity contribution in [2.75, 3.05) is 0 Å². The molecule has 90 valence electrons. The monoisotopic (exact) mass is 259 g/mol. The van der Waals surface area contributed by atoms with Gasteiger partial charge < -0.3 is 10.2 Å². The summed E-state index contributed by atoms with van der Waals surface area (Å²) in [6.45, 7) is 0. The molecule has 0 saturated heterocycles. The first-order valence-corrected chi connectivity index (χ1v) is 7.08. The predicted molar refractivity (Wildman–Crippen MR) is 74.5 cm³/mol. The minimum absolute atomic E-state index is 0.0504. The number of aryl methyl sites for hydroxylation is 1. The van der Waals surface area contributed by atoms with E-state index >= 15 is 0 Å². The maximum atomic E-state index is 12.3. The van der Waals surface area contributed by atoms with Gasteiger partial charge in [-0.05, 0) is 34.7 Å². The number of phenols is 2. The number of hydrogen-bond donors (Lipinski definition) is 2. The molecule has 4 heteroatoms. The van der Waals surface area contributed by atoms with Crippen molar-refractivity contribution in [3.05, 3.63) is 46.6 Å². The Bertz CT molecular complexity index is 768. The molecule has 0 aliphatic rings. The van der Waals surface area contributed by atoms with Crippen LogP contribution in [0.25, 0.3) is 20.2 Å². The van der Waals surface area contributed by atoms with Crippen LogP contribution in [0.5, 0.6) is 11.5 Å². The van der Waals surface area contributed by atoms with Crippen molar-refractivity contribution in [2.24, 2.45) is 6.26 Å². The van der Waals surface area contributed by atoms with Crippen LogP contribution in [0.2, 0.25) is 0 Å². The van der Waals surface area contributed by atoms with Gasteiger partial charge in [0.1, 0.15) is 17.8 Å². The van der Waals surface area contributed by atoms with Crippen LogP contribution >= 0.6 is 10.5 Å². The fourth-order valence-corrected chi connectivity index (χ4v) is 3.98. The van der Waals surface area contributed by atoms with Crippen LogP contribution in [-0.2, 0) is 6.26 Å². The first-order valence-electron chi connectivity index (χ1n) is 5.44. The summed E-state index contributed by atoms with van der Waals surface area (Å²) < 4.78 is 1.66. The van der Waals surface area contributed by atoms with Gasteiger partial charge in [-0.25, -0.2) is 0 Å². The zero-order valence-electron chi connectivity index (χ0n) is 9.68. The number of fused-ring (bicyclic) bond motifs is 2. The molecule has 2 aromatic carbocycles. The number of aromatic hydroxyl groups is 2. The van der Waals surface area contributed by atoms with Gasteiger partial charge in [-0.2, -0.15) is 0 Å². The molecule has 0 unspecified atom stereocenters. The number of hydrogen-bond acceptors (Lipinski definition) is 3. The van der Waals surface area contributed by atoms with E-state index in [2.05, 4.69) is 0 Å². The van der Waals surface area contributed by atoms with Crippen LogP contribution in [0.15, 0.2) is 41.2 Å². The van der Waals surface area contributed by atoms with Gasteiger partial charge in [0.05, 0.1) is 10.8 Å². The Morgan fingerprint density at radius 2 is 1.33 bits per heavy atom. The number of rotatable bonds is 0. The molecular formula is C14H11O3S+. The van der Waals surface area contributed by atoms with Crippen molar-refractivity contribution < 1.29 is 10.2 Å². The largest absolute Gasteiger partial charge is 0.508 e. The fourth-order valence-electron chi connectivity index (χ4n) is 2.17. The Labute approximate surface area is 106 Å². The van der Waals surface area contributed by atoms with Crippen LogP contribution in [0.1, 0.15) is 0 Å². The molecule has 18 heavy (non-hydrogen) atoms. The molecule has 0 saturated carbocycles. The number of phenolic OH excluding ortho intramolecular Hbond substituents is 2. The third-order valence-corrected chi connectivity index (χ3v) is 5.07. The normalized spacial score (nSPS) is 11.2. The Balaban J connectivity index is 2.65. The Hall–Kier alpha value is -2.07. The highest BCUT2D eigenvalue weighted by molar-refractivity contribution is 7.40. The molecule has 0 aliphatic carbocycles. The molecule has 0 radical (unpaired) electrons. The van der Waals surface area contributed by atoms with E-state index in [9.17, 15) is 15.0 Å². The van der Waals surface area contributed by atoms with Crippen LogP contribution < -0.4 is 5.43 Å². The molecule has 3 nitrogen and oxygen atoms in total. The second kappa shape index (κ2) is 3.71. The molecule has 0 bridgehead atoms. The summed E-state index contributed by atoms with van der Waals surface area (Å²) in [4.78, 5) is 12.3. The molecule has 0 spiro atoms. The summed E-state index contributed by atoms with van der Waals surface area (Å²) >= 11 is 0. The Morgan fingerprint density at radius 3 is 1.78 bits per heavy atom. The maximum absolute atomic E-state index is 12.3. The van der Waals surface area contributed by atoms with E-state index in [1.54, 1.807) is 24.3 Å². The first kappa shape index (κ1) is 11.0. The third kappa shape index (κ3) is 1.46. The summed E-state index contributed by atoms with van der Waals surface area (Å²) in [6.07, 6.45) is 1.99. The molecular weight excluding hydrogens is 248 g/mol. The quantitative estimate of drug-likeness (QED) is 0.482. The van der Waals surface area contributed by atoms with E-state index in [4.69, 9.17) is 0 Å². The average Bonchev–Trinajstić information content (AvgIpc) is 2.35. The van der Waals surface area contributed by atoms with Gasteiger partial charge in [0.15, 0.2) is 9.40 Å². The third-order valence-electron chi connectivity index (χ3n) is 3.08. The molecule has 1 aromatic heterocycles. The standard InChI is InChI=1S/C14H10O3S/c1-18-12-6-8(15)2-4-10(12)14(17)11-5-3-9(16)7-13(11)18/h2-7H,1H3,(H-,15,16,17)/p+1. The molecule has 0 fully saturated rings. The summed E-state index contributed by atoms with van der Waals surface area (Å²) in [5.74, 6) is 0.314. The average molecular weight is 259 g/mol. The second-order valence-electron chi connectivity index (χ2n) is 4.20. The maximum Gasteiger partial charge on any atom is 0.203 e. The highest BCUT2D eigenvalue weighted by atomic mass is 32.2. The topological polar surface area (TPSA) is 57.5 Å².